The van der Waals surface area contributed by atoms with Gasteiger partial charge < -0.3 is 14.4 Å². The number of nitrogens with zero attached hydrogens (tertiary/aromatic N) is 2. The Bertz CT molecular complexity index is 813. The van der Waals surface area contributed by atoms with Crippen molar-refractivity contribution < 1.29 is 14.3 Å². The standard InChI is InChI=1S/C22H27ClN2O3/c1-4-28-21-19(23)12-18(13-20(21)27-3)22(26)25-11-10-24(14-16(25)2)15-17-8-6-5-7-9-17/h5-9,12-13,16H,4,10-11,14-15H2,1-3H3. The predicted octanol–water partition coefficient (Wildman–Crippen LogP) is 4.09. The molecule has 1 amide bonds. The van der Waals surface area contributed by atoms with Crippen LogP contribution in [0, 0.1) is 0 Å². The minimum absolute atomic E-state index is 0.0323. The van der Waals surface area contributed by atoms with Gasteiger partial charge in [0.15, 0.2) is 11.5 Å². The molecule has 0 spiro atoms. The van der Waals surface area contributed by atoms with Crippen molar-refractivity contribution in [3.8, 4) is 11.5 Å². The lowest BCUT2D eigenvalue weighted by Gasteiger charge is -2.40. The van der Waals surface area contributed by atoms with Crippen LogP contribution in [0.2, 0.25) is 5.02 Å². The summed E-state index contributed by atoms with van der Waals surface area (Å²) in [5.74, 6) is 0.923. The minimum atomic E-state index is -0.0323. The van der Waals surface area contributed by atoms with Gasteiger partial charge in [0.05, 0.1) is 18.7 Å². The van der Waals surface area contributed by atoms with E-state index in [1.807, 2.05) is 17.9 Å². The van der Waals surface area contributed by atoms with E-state index in [4.69, 9.17) is 21.1 Å². The summed E-state index contributed by atoms with van der Waals surface area (Å²) >= 11 is 6.34. The van der Waals surface area contributed by atoms with Crippen LogP contribution in [0.15, 0.2) is 42.5 Å². The van der Waals surface area contributed by atoms with E-state index in [2.05, 4.69) is 36.1 Å². The summed E-state index contributed by atoms with van der Waals surface area (Å²) in [6, 6.07) is 13.9. The lowest BCUT2D eigenvalue weighted by molar-refractivity contribution is 0.0475. The van der Waals surface area contributed by atoms with Crippen molar-refractivity contribution in [1.29, 1.82) is 0 Å². The van der Waals surface area contributed by atoms with Crippen molar-refractivity contribution in [3.05, 3.63) is 58.6 Å². The Balaban J connectivity index is 1.70. The summed E-state index contributed by atoms with van der Waals surface area (Å²) in [4.78, 5) is 17.4. The van der Waals surface area contributed by atoms with Gasteiger partial charge in [0.2, 0.25) is 0 Å². The maximum atomic E-state index is 13.1. The third-order valence-electron chi connectivity index (χ3n) is 4.99. The first-order chi connectivity index (χ1) is 13.5. The topological polar surface area (TPSA) is 42.0 Å². The quantitative estimate of drug-likeness (QED) is 0.729. The minimum Gasteiger partial charge on any atom is -0.493 e. The van der Waals surface area contributed by atoms with Crippen LogP contribution in [0.5, 0.6) is 11.5 Å². The van der Waals surface area contributed by atoms with Gasteiger partial charge in [-0.2, -0.15) is 0 Å². The van der Waals surface area contributed by atoms with E-state index in [0.717, 1.165) is 19.6 Å². The summed E-state index contributed by atoms with van der Waals surface area (Å²) in [7, 11) is 1.55. The Morgan fingerprint density at radius 1 is 1.21 bits per heavy atom. The molecule has 1 aliphatic rings. The summed E-state index contributed by atoms with van der Waals surface area (Å²) < 4.78 is 10.9. The Kier molecular flexibility index (Phi) is 6.81. The number of amides is 1. The monoisotopic (exact) mass is 402 g/mol. The summed E-state index contributed by atoms with van der Waals surface area (Å²) in [6.45, 7) is 7.70. The Morgan fingerprint density at radius 3 is 2.61 bits per heavy atom. The second-order valence-electron chi connectivity index (χ2n) is 6.99. The zero-order valence-electron chi connectivity index (χ0n) is 16.7. The highest BCUT2D eigenvalue weighted by atomic mass is 35.5. The number of benzene rings is 2. The molecule has 150 valence electrons. The van der Waals surface area contributed by atoms with E-state index >= 15 is 0 Å². The fourth-order valence-corrected chi connectivity index (χ4v) is 3.88. The van der Waals surface area contributed by atoms with E-state index in [1.54, 1.807) is 19.2 Å². The highest BCUT2D eigenvalue weighted by Gasteiger charge is 2.29. The van der Waals surface area contributed by atoms with Crippen molar-refractivity contribution in [2.75, 3.05) is 33.4 Å². The number of rotatable bonds is 6. The summed E-state index contributed by atoms with van der Waals surface area (Å²) in [5.41, 5.74) is 1.81. The molecule has 3 rings (SSSR count). The lowest BCUT2D eigenvalue weighted by atomic mass is 10.1. The smallest absolute Gasteiger partial charge is 0.254 e. The largest absolute Gasteiger partial charge is 0.493 e. The Labute approximate surface area is 171 Å². The van der Waals surface area contributed by atoms with E-state index < -0.39 is 0 Å². The van der Waals surface area contributed by atoms with Crippen LogP contribution >= 0.6 is 11.6 Å². The first kappa shape index (κ1) is 20.5. The molecule has 2 aromatic rings. The van der Waals surface area contributed by atoms with Gasteiger partial charge in [-0.15, -0.1) is 0 Å². The highest BCUT2D eigenvalue weighted by Crippen LogP contribution is 2.37. The van der Waals surface area contributed by atoms with Gasteiger partial charge in [-0.05, 0) is 31.5 Å². The molecule has 1 heterocycles. The number of hydrogen-bond donors (Lipinski definition) is 0. The summed E-state index contributed by atoms with van der Waals surface area (Å²) in [6.07, 6.45) is 0. The normalized spacial score (nSPS) is 17.4. The predicted molar refractivity (Wildman–Crippen MR) is 111 cm³/mol. The molecule has 28 heavy (non-hydrogen) atoms. The fraction of sp³-hybridized carbons (Fsp3) is 0.409. The Hall–Kier alpha value is -2.24. The van der Waals surface area contributed by atoms with Gasteiger partial charge in [-0.3, -0.25) is 9.69 Å². The van der Waals surface area contributed by atoms with E-state index in [-0.39, 0.29) is 11.9 Å². The van der Waals surface area contributed by atoms with Crippen LogP contribution in [-0.2, 0) is 6.54 Å². The summed E-state index contributed by atoms with van der Waals surface area (Å²) in [5, 5.41) is 0.389. The van der Waals surface area contributed by atoms with Gasteiger partial charge in [0.25, 0.3) is 5.91 Å². The van der Waals surface area contributed by atoms with Crippen molar-refractivity contribution in [1.82, 2.24) is 9.80 Å². The molecular weight excluding hydrogens is 376 g/mol. The van der Waals surface area contributed by atoms with Crippen molar-refractivity contribution >= 4 is 17.5 Å². The van der Waals surface area contributed by atoms with Crippen LogP contribution in [0.4, 0.5) is 0 Å². The lowest BCUT2D eigenvalue weighted by Crippen LogP contribution is -2.53. The molecule has 0 bridgehead atoms. The number of ether oxygens (including phenoxy) is 2. The molecular formula is C22H27ClN2O3. The third-order valence-corrected chi connectivity index (χ3v) is 5.27. The first-order valence-corrected chi connectivity index (χ1v) is 9.98. The van der Waals surface area contributed by atoms with Crippen LogP contribution in [0.3, 0.4) is 0 Å². The molecule has 5 nitrogen and oxygen atoms in total. The molecule has 1 atom stereocenters. The Morgan fingerprint density at radius 2 is 1.96 bits per heavy atom. The van der Waals surface area contributed by atoms with Gasteiger partial charge in [0, 0.05) is 37.8 Å². The molecule has 1 saturated heterocycles. The molecule has 0 radical (unpaired) electrons. The van der Waals surface area contributed by atoms with Crippen LogP contribution < -0.4 is 9.47 Å². The average molecular weight is 403 g/mol. The van der Waals surface area contributed by atoms with Gasteiger partial charge >= 0.3 is 0 Å². The molecule has 0 saturated carbocycles. The second kappa shape index (κ2) is 9.30. The molecule has 1 fully saturated rings. The SMILES string of the molecule is CCOc1c(Cl)cc(C(=O)N2CCN(Cc3ccccc3)CC2C)cc1OC. The molecule has 0 aliphatic carbocycles. The zero-order valence-corrected chi connectivity index (χ0v) is 17.4. The average Bonchev–Trinajstić information content (AvgIpc) is 2.70. The van der Waals surface area contributed by atoms with Crippen LogP contribution in [-0.4, -0.2) is 55.1 Å². The van der Waals surface area contributed by atoms with Crippen LogP contribution in [0.25, 0.3) is 0 Å². The van der Waals surface area contributed by atoms with Gasteiger partial charge in [-0.25, -0.2) is 0 Å². The molecule has 6 heteroatoms. The molecule has 0 aromatic heterocycles. The fourth-order valence-electron chi connectivity index (χ4n) is 3.61. The first-order valence-electron chi connectivity index (χ1n) is 9.61. The van der Waals surface area contributed by atoms with Crippen LogP contribution in [0.1, 0.15) is 29.8 Å². The van der Waals surface area contributed by atoms with Crippen molar-refractivity contribution in [2.45, 2.75) is 26.4 Å². The molecule has 1 aliphatic heterocycles. The number of methoxy groups -OCH3 is 1. The van der Waals surface area contributed by atoms with E-state index in [0.29, 0.717) is 35.2 Å². The van der Waals surface area contributed by atoms with Crippen molar-refractivity contribution in [2.24, 2.45) is 0 Å². The number of carbonyl (C=O) groups is 1. The van der Waals surface area contributed by atoms with Crippen molar-refractivity contribution in [3.63, 3.8) is 0 Å². The number of piperazine rings is 1. The maximum Gasteiger partial charge on any atom is 0.254 e. The van der Waals surface area contributed by atoms with Gasteiger partial charge in [-0.1, -0.05) is 41.9 Å². The highest BCUT2D eigenvalue weighted by molar-refractivity contribution is 6.32. The molecule has 0 N–H and O–H groups in total. The van der Waals surface area contributed by atoms with E-state index in [1.165, 1.54) is 5.56 Å². The number of carbonyl (C=O) groups excluding carboxylic acids is 1. The van der Waals surface area contributed by atoms with Gasteiger partial charge in [0.1, 0.15) is 0 Å². The molecule has 2 aromatic carbocycles. The zero-order chi connectivity index (χ0) is 20.1. The maximum absolute atomic E-state index is 13.1. The number of halogens is 1. The third kappa shape index (κ3) is 4.59. The van der Waals surface area contributed by atoms with E-state index in [9.17, 15) is 4.79 Å². The number of hydrogen-bond acceptors (Lipinski definition) is 4. The molecule has 1 unspecified atom stereocenters. The second-order valence-corrected chi connectivity index (χ2v) is 7.40.